The largest absolute Gasteiger partial charge is 0.496 e. The quantitative estimate of drug-likeness (QED) is 0.919. The van der Waals surface area contributed by atoms with Crippen molar-refractivity contribution in [1.82, 2.24) is 9.55 Å². The van der Waals surface area contributed by atoms with Gasteiger partial charge in [-0.2, -0.15) is 0 Å². The number of methoxy groups -OCH3 is 1. The van der Waals surface area contributed by atoms with Gasteiger partial charge < -0.3 is 14.4 Å². The van der Waals surface area contributed by atoms with Crippen molar-refractivity contribution in [3.05, 3.63) is 35.7 Å². The summed E-state index contributed by atoms with van der Waals surface area (Å²) in [6.07, 6.45) is 1.84. The van der Waals surface area contributed by atoms with Crippen molar-refractivity contribution in [2.24, 2.45) is 7.05 Å². The molecular weight excluding hydrogens is 240 g/mol. The van der Waals surface area contributed by atoms with Gasteiger partial charge in [0.15, 0.2) is 0 Å². The number of ether oxygens (including phenoxy) is 1. The van der Waals surface area contributed by atoms with Crippen LogP contribution in [0.5, 0.6) is 5.75 Å². The Morgan fingerprint density at radius 2 is 2.11 bits per heavy atom. The number of benzene rings is 1. The second-order valence-electron chi connectivity index (χ2n) is 4.94. The molecule has 1 N–H and O–H groups in total. The van der Waals surface area contributed by atoms with Gasteiger partial charge >= 0.3 is 0 Å². The van der Waals surface area contributed by atoms with Crippen LogP contribution in [-0.2, 0) is 13.7 Å². The lowest BCUT2D eigenvalue weighted by Gasteiger charge is -2.13. The van der Waals surface area contributed by atoms with Gasteiger partial charge in [0.1, 0.15) is 11.6 Å². The summed E-state index contributed by atoms with van der Waals surface area (Å²) in [6.45, 7) is 4.24. The minimum Gasteiger partial charge on any atom is -0.496 e. The molecule has 1 heterocycles. The fourth-order valence-electron chi connectivity index (χ4n) is 2.20. The summed E-state index contributed by atoms with van der Waals surface area (Å²) in [7, 11) is 3.62. The van der Waals surface area contributed by atoms with Crippen molar-refractivity contribution >= 4 is 0 Å². The van der Waals surface area contributed by atoms with E-state index in [0.29, 0.717) is 11.6 Å². The zero-order chi connectivity index (χ0) is 14.0. The monoisotopic (exact) mass is 260 g/mol. The molecule has 4 nitrogen and oxygen atoms in total. The first-order valence-corrected chi connectivity index (χ1v) is 6.38. The molecule has 1 aromatic carbocycles. The molecule has 0 atom stereocenters. The maximum absolute atomic E-state index is 9.15. The summed E-state index contributed by atoms with van der Waals surface area (Å²) in [5.74, 6) is 2.14. The fourth-order valence-corrected chi connectivity index (χ4v) is 2.20. The predicted molar refractivity (Wildman–Crippen MR) is 75.2 cm³/mol. The van der Waals surface area contributed by atoms with E-state index in [1.54, 1.807) is 7.11 Å². The number of aryl methyl sites for hydroxylation is 1. The fraction of sp³-hybridized carbons (Fsp3) is 0.400. The third kappa shape index (κ3) is 2.63. The van der Waals surface area contributed by atoms with E-state index < -0.39 is 0 Å². The van der Waals surface area contributed by atoms with Gasteiger partial charge in [0.05, 0.1) is 19.4 Å². The maximum atomic E-state index is 9.15. The summed E-state index contributed by atoms with van der Waals surface area (Å²) in [5.41, 5.74) is 2.87. The smallest absolute Gasteiger partial charge is 0.140 e. The maximum Gasteiger partial charge on any atom is 0.140 e. The van der Waals surface area contributed by atoms with Crippen LogP contribution in [0, 0.1) is 0 Å². The first-order valence-electron chi connectivity index (χ1n) is 6.38. The number of hydrogen-bond donors (Lipinski definition) is 1. The molecule has 0 unspecified atom stereocenters. The van der Waals surface area contributed by atoms with Gasteiger partial charge in [0.25, 0.3) is 0 Å². The van der Waals surface area contributed by atoms with Crippen molar-refractivity contribution in [2.45, 2.75) is 26.4 Å². The second kappa shape index (κ2) is 5.45. The number of nitrogens with zero attached hydrogens (tertiary/aromatic N) is 2. The molecule has 0 saturated carbocycles. The van der Waals surface area contributed by atoms with E-state index >= 15 is 0 Å². The topological polar surface area (TPSA) is 47.3 Å². The average Bonchev–Trinajstić information content (AvgIpc) is 2.79. The van der Waals surface area contributed by atoms with Crippen LogP contribution in [-0.4, -0.2) is 21.8 Å². The van der Waals surface area contributed by atoms with Gasteiger partial charge in [-0.3, -0.25) is 0 Å². The predicted octanol–water partition coefficient (Wildman–Crippen LogP) is 2.71. The highest BCUT2D eigenvalue weighted by Crippen LogP contribution is 2.31. The molecule has 2 aromatic rings. The Bertz CT molecular complexity index is 574. The number of imidazole rings is 1. The standard InChI is InChI=1S/C15H20N2O2/c1-10(2)13-7-11(5-6-14(13)19-4)15-16-12(9-18)8-17(15)3/h5-8,10,18H,9H2,1-4H3. The van der Waals surface area contributed by atoms with Crippen LogP contribution in [0.4, 0.5) is 0 Å². The second-order valence-corrected chi connectivity index (χ2v) is 4.94. The Morgan fingerprint density at radius 1 is 1.37 bits per heavy atom. The summed E-state index contributed by atoms with van der Waals surface area (Å²) in [4.78, 5) is 4.43. The third-order valence-corrected chi connectivity index (χ3v) is 3.20. The molecule has 4 heteroatoms. The molecule has 1 aromatic heterocycles. The summed E-state index contributed by atoms with van der Waals surface area (Å²) < 4.78 is 7.31. The molecule has 0 bridgehead atoms. The molecule has 0 radical (unpaired) electrons. The Hall–Kier alpha value is -1.81. The first-order chi connectivity index (χ1) is 9.06. The van der Waals surface area contributed by atoms with Crippen LogP contribution in [0.15, 0.2) is 24.4 Å². The Balaban J connectivity index is 2.50. The zero-order valence-corrected chi connectivity index (χ0v) is 11.8. The molecule has 0 spiro atoms. The van der Waals surface area contributed by atoms with Crippen LogP contribution < -0.4 is 4.74 Å². The Labute approximate surface area is 113 Å². The number of rotatable bonds is 4. The van der Waals surface area contributed by atoms with Gasteiger partial charge in [-0.25, -0.2) is 4.98 Å². The van der Waals surface area contributed by atoms with Gasteiger partial charge in [0, 0.05) is 18.8 Å². The number of hydrogen-bond acceptors (Lipinski definition) is 3. The molecule has 102 valence electrons. The van der Waals surface area contributed by atoms with Gasteiger partial charge in [-0.1, -0.05) is 13.8 Å². The average molecular weight is 260 g/mol. The normalized spacial score (nSPS) is 11.1. The molecule has 2 rings (SSSR count). The zero-order valence-electron chi connectivity index (χ0n) is 11.8. The lowest BCUT2D eigenvalue weighted by Crippen LogP contribution is -1.97. The van der Waals surface area contributed by atoms with E-state index in [0.717, 1.165) is 22.7 Å². The van der Waals surface area contributed by atoms with Gasteiger partial charge in [-0.15, -0.1) is 0 Å². The van der Waals surface area contributed by atoms with Crippen LogP contribution >= 0.6 is 0 Å². The van der Waals surface area contributed by atoms with E-state index in [2.05, 4.69) is 24.9 Å². The molecule has 0 amide bonds. The van der Waals surface area contributed by atoms with Gasteiger partial charge in [-0.05, 0) is 29.7 Å². The van der Waals surface area contributed by atoms with Crippen molar-refractivity contribution in [3.63, 3.8) is 0 Å². The minimum absolute atomic E-state index is 0.0406. The van der Waals surface area contributed by atoms with Crippen molar-refractivity contribution < 1.29 is 9.84 Å². The number of aromatic nitrogens is 2. The third-order valence-electron chi connectivity index (χ3n) is 3.20. The number of aliphatic hydroxyl groups excluding tert-OH is 1. The Morgan fingerprint density at radius 3 is 2.63 bits per heavy atom. The molecule has 0 aliphatic carbocycles. The Kier molecular flexibility index (Phi) is 3.90. The van der Waals surface area contributed by atoms with Crippen molar-refractivity contribution in [1.29, 1.82) is 0 Å². The number of aliphatic hydroxyl groups is 1. The van der Waals surface area contributed by atoms with Gasteiger partial charge in [0.2, 0.25) is 0 Å². The highest BCUT2D eigenvalue weighted by Gasteiger charge is 2.12. The van der Waals surface area contributed by atoms with E-state index in [1.807, 2.05) is 29.9 Å². The molecule has 0 aliphatic rings. The van der Waals surface area contributed by atoms with Crippen LogP contribution in [0.25, 0.3) is 11.4 Å². The highest BCUT2D eigenvalue weighted by atomic mass is 16.5. The van der Waals surface area contributed by atoms with Crippen molar-refractivity contribution in [3.8, 4) is 17.1 Å². The van der Waals surface area contributed by atoms with Crippen LogP contribution in [0.1, 0.15) is 31.0 Å². The lowest BCUT2D eigenvalue weighted by molar-refractivity contribution is 0.277. The summed E-state index contributed by atoms with van der Waals surface area (Å²) in [5, 5.41) is 9.15. The highest BCUT2D eigenvalue weighted by molar-refractivity contribution is 5.60. The summed E-state index contributed by atoms with van der Waals surface area (Å²) >= 11 is 0. The molecular formula is C15H20N2O2. The van der Waals surface area contributed by atoms with Crippen LogP contribution in [0.2, 0.25) is 0 Å². The lowest BCUT2D eigenvalue weighted by atomic mass is 9.99. The minimum atomic E-state index is -0.0406. The van der Waals surface area contributed by atoms with E-state index in [1.165, 1.54) is 0 Å². The summed E-state index contributed by atoms with van der Waals surface area (Å²) in [6, 6.07) is 6.07. The van der Waals surface area contributed by atoms with E-state index in [-0.39, 0.29) is 6.61 Å². The SMILES string of the molecule is COc1ccc(-c2nc(CO)cn2C)cc1C(C)C. The molecule has 19 heavy (non-hydrogen) atoms. The first kappa shape index (κ1) is 13.6. The molecule has 0 aliphatic heterocycles. The van der Waals surface area contributed by atoms with E-state index in [4.69, 9.17) is 9.84 Å². The van der Waals surface area contributed by atoms with Crippen molar-refractivity contribution in [2.75, 3.05) is 7.11 Å². The van der Waals surface area contributed by atoms with E-state index in [9.17, 15) is 0 Å². The molecule has 0 saturated heterocycles. The van der Waals surface area contributed by atoms with Crippen LogP contribution in [0.3, 0.4) is 0 Å². The molecule has 0 fully saturated rings.